The Morgan fingerprint density at radius 2 is 1.76 bits per heavy atom. The fourth-order valence-electron chi connectivity index (χ4n) is 2.85. The third-order valence-corrected chi connectivity index (χ3v) is 4.29. The third-order valence-electron chi connectivity index (χ3n) is 4.29. The third kappa shape index (κ3) is 4.36. The molecule has 0 unspecified atom stereocenters. The summed E-state index contributed by atoms with van der Waals surface area (Å²) in [5.41, 5.74) is 1.79. The largest absolute Gasteiger partial charge is 0.396 e. The van der Waals surface area contributed by atoms with Crippen molar-refractivity contribution in [1.29, 1.82) is 0 Å². The molecular formula is C16H25N3O2. The molecule has 5 heteroatoms. The molecule has 0 spiro atoms. The van der Waals surface area contributed by atoms with Crippen molar-refractivity contribution in [3.8, 4) is 0 Å². The number of aliphatic hydroxyl groups excluding tert-OH is 1. The van der Waals surface area contributed by atoms with Gasteiger partial charge in [0, 0.05) is 30.4 Å². The molecule has 0 aromatic heterocycles. The molecular weight excluding hydrogens is 266 g/mol. The van der Waals surface area contributed by atoms with Gasteiger partial charge < -0.3 is 21.1 Å². The minimum Gasteiger partial charge on any atom is -0.396 e. The van der Waals surface area contributed by atoms with Gasteiger partial charge in [0.15, 0.2) is 0 Å². The van der Waals surface area contributed by atoms with Crippen LogP contribution in [0.3, 0.4) is 0 Å². The van der Waals surface area contributed by atoms with Gasteiger partial charge in [-0.25, -0.2) is 4.79 Å². The first-order valence-corrected chi connectivity index (χ1v) is 7.61. The lowest BCUT2D eigenvalue weighted by atomic mass is 9.74. The van der Waals surface area contributed by atoms with Gasteiger partial charge in [-0.05, 0) is 37.1 Å². The van der Waals surface area contributed by atoms with E-state index in [-0.39, 0.29) is 18.1 Å². The molecule has 1 aromatic rings. The number of rotatable bonds is 5. The van der Waals surface area contributed by atoms with Gasteiger partial charge >= 0.3 is 6.03 Å². The molecule has 1 aliphatic rings. The fourth-order valence-corrected chi connectivity index (χ4v) is 2.85. The van der Waals surface area contributed by atoms with Crippen LogP contribution in [0.1, 0.15) is 32.1 Å². The van der Waals surface area contributed by atoms with Crippen molar-refractivity contribution in [3.05, 3.63) is 24.3 Å². The summed E-state index contributed by atoms with van der Waals surface area (Å²) >= 11 is 0. The monoisotopic (exact) mass is 291 g/mol. The summed E-state index contributed by atoms with van der Waals surface area (Å²) in [7, 11) is 1.59. The van der Waals surface area contributed by atoms with E-state index in [4.69, 9.17) is 0 Å². The summed E-state index contributed by atoms with van der Waals surface area (Å²) in [4.78, 5) is 11.2. The minimum absolute atomic E-state index is 0.0251. The lowest BCUT2D eigenvalue weighted by Crippen LogP contribution is -2.35. The van der Waals surface area contributed by atoms with Gasteiger partial charge in [0.25, 0.3) is 0 Å². The number of nitrogens with one attached hydrogen (secondary N) is 3. The number of anilines is 2. The predicted molar refractivity (Wildman–Crippen MR) is 85.6 cm³/mol. The van der Waals surface area contributed by atoms with E-state index in [1.54, 1.807) is 7.05 Å². The zero-order valence-electron chi connectivity index (χ0n) is 12.6. The van der Waals surface area contributed by atoms with Crippen LogP contribution in [-0.2, 0) is 0 Å². The maximum atomic E-state index is 11.2. The Kier molecular flexibility index (Phi) is 5.44. The van der Waals surface area contributed by atoms with E-state index in [2.05, 4.69) is 16.0 Å². The minimum atomic E-state index is -0.225. The van der Waals surface area contributed by atoms with Crippen molar-refractivity contribution in [3.63, 3.8) is 0 Å². The maximum absolute atomic E-state index is 11.2. The van der Waals surface area contributed by atoms with Crippen molar-refractivity contribution < 1.29 is 9.90 Å². The first-order valence-electron chi connectivity index (χ1n) is 7.61. The molecule has 21 heavy (non-hydrogen) atoms. The molecule has 1 aliphatic carbocycles. The number of aliphatic hydroxyl groups is 1. The Bertz CT molecular complexity index is 453. The van der Waals surface area contributed by atoms with Crippen LogP contribution >= 0.6 is 0 Å². The van der Waals surface area contributed by atoms with Crippen molar-refractivity contribution in [2.24, 2.45) is 5.41 Å². The standard InChI is InChI=1S/C16H25N3O2/c1-17-15(21)19-14-7-5-13(6-8-14)18-11-16(12-20)9-3-2-4-10-16/h5-8,18,20H,2-4,9-12H2,1H3,(H2,17,19,21). The van der Waals surface area contributed by atoms with Crippen molar-refractivity contribution in [2.45, 2.75) is 32.1 Å². The molecule has 2 rings (SSSR count). The molecule has 0 bridgehead atoms. The summed E-state index contributed by atoms with van der Waals surface area (Å²) in [6.07, 6.45) is 5.87. The van der Waals surface area contributed by atoms with Gasteiger partial charge in [0.2, 0.25) is 0 Å². The van der Waals surface area contributed by atoms with Crippen LogP contribution < -0.4 is 16.0 Å². The van der Waals surface area contributed by atoms with Gasteiger partial charge in [-0.1, -0.05) is 19.3 Å². The Morgan fingerprint density at radius 3 is 2.33 bits per heavy atom. The second-order valence-electron chi connectivity index (χ2n) is 5.85. The number of hydrogen-bond donors (Lipinski definition) is 4. The number of amides is 2. The van der Waals surface area contributed by atoms with Crippen LogP contribution in [0, 0.1) is 5.41 Å². The Balaban J connectivity index is 1.89. The van der Waals surface area contributed by atoms with Gasteiger partial charge in [-0.2, -0.15) is 0 Å². The van der Waals surface area contributed by atoms with Crippen LogP contribution in [0.15, 0.2) is 24.3 Å². The smallest absolute Gasteiger partial charge is 0.318 e. The molecule has 4 N–H and O–H groups in total. The van der Waals surface area contributed by atoms with Crippen LogP contribution in [0.25, 0.3) is 0 Å². The van der Waals surface area contributed by atoms with Crippen molar-refractivity contribution in [2.75, 3.05) is 30.8 Å². The molecule has 116 valence electrons. The average molecular weight is 291 g/mol. The Hall–Kier alpha value is -1.75. The first-order chi connectivity index (χ1) is 10.2. The molecule has 1 fully saturated rings. The zero-order valence-corrected chi connectivity index (χ0v) is 12.6. The number of benzene rings is 1. The molecule has 0 radical (unpaired) electrons. The molecule has 0 heterocycles. The van der Waals surface area contributed by atoms with Gasteiger partial charge in [-0.3, -0.25) is 0 Å². The van der Waals surface area contributed by atoms with E-state index >= 15 is 0 Å². The highest BCUT2D eigenvalue weighted by molar-refractivity contribution is 5.89. The summed E-state index contributed by atoms with van der Waals surface area (Å²) in [6, 6.07) is 7.39. The summed E-state index contributed by atoms with van der Waals surface area (Å²) in [5.74, 6) is 0. The molecule has 2 amide bonds. The fraction of sp³-hybridized carbons (Fsp3) is 0.562. The number of hydrogen-bond acceptors (Lipinski definition) is 3. The highest BCUT2D eigenvalue weighted by Crippen LogP contribution is 2.36. The summed E-state index contributed by atoms with van der Waals surface area (Å²) in [6.45, 7) is 1.04. The van der Waals surface area contributed by atoms with Gasteiger partial charge in [0.05, 0.1) is 6.61 Å². The molecule has 0 saturated heterocycles. The van der Waals surface area contributed by atoms with E-state index in [0.29, 0.717) is 0 Å². The topological polar surface area (TPSA) is 73.4 Å². The number of carbonyl (C=O) groups is 1. The summed E-state index contributed by atoms with van der Waals surface area (Å²) in [5, 5.41) is 18.3. The Morgan fingerprint density at radius 1 is 1.14 bits per heavy atom. The van der Waals surface area contributed by atoms with E-state index in [1.165, 1.54) is 19.3 Å². The molecule has 1 aromatic carbocycles. The van der Waals surface area contributed by atoms with Crippen LogP contribution in [-0.4, -0.2) is 31.3 Å². The second kappa shape index (κ2) is 7.31. The quantitative estimate of drug-likeness (QED) is 0.674. The lowest BCUT2D eigenvalue weighted by molar-refractivity contribution is 0.0944. The highest BCUT2D eigenvalue weighted by atomic mass is 16.3. The lowest BCUT2D eigenvalue weighted by Gasteiger charge is -2.36. The van der Waals surface area contributed by atoms with Gasteiger partial charge in [-0.15, -0.1) is 0 Å². The van der Waals surface area contributed by atoms with Crippen LogP contribution in [0.2, 0.25) is 0 Å². The van der Waals surface area contributed by atoms with E-state index in [9.17, 15) is 9.90 Å². The van der Waals surface area contributed by atoms with Crippen LogP contribution in [0.4, 0.5) is 16.2 Å². The number of urea groups is 1. The van der Waals surface area contributed by atoms with Crippen molar-refractivity contribution in [1.82, 2.24) is 5.32 Å². The number of carbonyl (C=O) groups excluding carboxylic acids is 1. The van der Waals surface area contributed by atoms with Gasteiger partial charge in [0.1, 0.15) is 0 Å². The van der Waals surface area contributed by atoms with Crippen LogP contribution in [0.5, 0.6) is 0 Å². The Labute approximate surface area is 126 Å². The second-order valence-corrected chi connectivity index (χ2v) is 5.85. The molecule has 5 nitrogen and oxygen atoms in total. The maximum Gasteiger partial charge on any atom is 0.318 e. The molecule has 0 aliphatic heterocycles. The van der Waals surface area contributed by atoms with E-state index in [0.717, 1.165) is 30.8 Å². The van der Waals surface area contributed by atoms with E-state index < -0.39 is 0 Å². The SMILES string of the molecule is CNC(=O)Nc1ccc(NCC2(CO)CCCCC2)cc1. The molecule has 0 atom stereocenters. The first kappa shape index (κ1) is 15.6. The summed E-state index contributed by atoms with van der Waals surface area (Å²) < 4.78 is 0. The zero-order chi connectivity index (χ0) is 15.1. The highest BCUT2D eigenvalue weighted by Gasteiger charge is 2.30. The molecule has 1 saturated carbocycles. The van der Waals surface area contributed by atoms with E-state index in [1.807, 2.05) is 24.3 Å². The average Bonchev–Trinajstić information content (AvgIpc) is 2.55. The van der Waals surface area contributed by atoms with Crippen molar-refractivity contribution >= 4 is 17.4 Å². The normalized spacial score (nSPS) is 17.0. The predicted octanol–water partition coefficient (Wildman–Crippen LogP) is 2.79.